The van der Waals surface area contributed by atoms with E-state index in [1.165, 1.54) is 12.8 Å². The Morgan fingerprint density at radius 3 is 2.55 bits per heavy atom. The van der Waals surface area contributed by atoms with Gasteiger partial charge in [0, 0.05) is 32.2 Å². The van der Waals surface area contributed by atoms with Gasteiger partial charge in [0.05, 0.1) is 12.3 Å². The van der Waals surface area contributed by atoms with Crippen LogP contribution in [0.5, 0.6) is 0 Å². The van der Waals surface area contributed by atoms with Crippen molar-refractivity contribution in [3.8, 4) is 0 Å². The Kier molecular flexibility index (Phi) is 8.68. The molecule has 8 nitrogen and oxygen atoms in total. The molecule has 0 unspecified atom stereocenters. The highest BCUT2D eigenvalue weighted by molar-refractivity contribution is 5.74. The zero-order chi connectivity index (χ0) is 24.0. The predicted molar refractivity (Wildman–Crippen MR) is 128 cm³/mol. The summed E-state index contributed by atoms with van der Waals surface area (Å²) in [4.78, 5) is 31.8. The van der Waals surface area contributed by atoms with Crippen LogP contribution in [-0.4, -0.2) is 77.7 Å². The highest BCUT2D eigenvalue weighted by atomic mass is 16.6. The van der Waals surface area contributed by atoms with Crippen LogP contribution >= 0.6 is 0 Å². The largest absolute Gasteiger partial charge is 0.468 e. The molecule has 3 rings (SSSR count). The van der Waals surface area contributed by atoms with Crippen molar-refractivity contribution < 1.29 is 18.7 Å². The number of furan rings is 1. The van der Waals surface area contributed by atoms with Crippen LogP contribution in [0.2, 0.25) is 0 Å². The summed E-state index contributed by atoms with van der Waals surface area (Å²) in [5.41, 5.74) is -0.525. The van der Waals surface area contributed by atoms with Crippen LogP contribution in [-0.2, 0) is 4.74 Å². The summed E-state index contributed by atoms with van der Waals surface area (Å²) in [5.74, 6) is 1.14. The Balaban J connectivity index is 1.55. The first-order valence-electron chi connectivity index (χ1n) is 12.4. The number of nitrogens with one attached hydrogen (secondary N) is 1. The van der Waals surface area contributed by atoms with Gasteiger partial charge in [-0.2, -0.15) is 0 Å². The number of hydrogen-bond donors (Lipinski definition) is 1. The van der Waals surface area contributed by atoms with Crippen LogP contribution in [0.15, 0.2) is 22.8 Å². The van der Waals surface area contributed by atoms with Crippen LogP contribution in [0.1, 0.15) is 72.1 Å². The summed E-state index contributed by atoms with van der Waals surface area (Å²) in [5, 5.41) is 3.15. The molecule has 2 saturated heterocycles. The predicted octanol–water partition coefficient (Wildman–Crippen LogP) is 4.48. The summed E-state index contributed by atoms with van der Waals surface area (Å²) in [6.07, 6.45) is 5.71. The fourth-order valence-electron chi connectivity index (χ4n) is 4.73. The van der Waals surface area contributed by atoms with E-state index in [0.717, 1.165) is 38.2 Å². The van der Waals surface area contributed by atoms with E-state index in [1.54, 1.807) is 11.2 Å². The molecule has 0 bridgehead atoms. The first kappa shape index (κ1) is 25.4. The fraction of sp³-hybridized carbons (Fsp3) is 0.760. The minimum Gasteiger partial charge on any atom is -0.468 e. The average Bonchev–Trinajstić information content (AvgIpc) is 3.45. The molecule has 2 aliphatic rings. The number of nitrogens with zero attached hydrogens (tertiary/aromatic N) is 3. The molecule has 186 valence electrons. The maximum Gasteiger partial charge on any atom is 0.410 e. The van der Waals surface area contributed by atoms with Crippen molar-refractivity contribution in [1.29, 1.82) is 0 Å². The zero-order valence-electron chi connectivity index (χ0n) is 21.0. The number of piperidine rings is 1. The standard InChI is InChI=1S/C25H42N4O4/c1-19(2)29(24(31)33-25(3,4)5)18-20-10-8-14-28(17-20)23(30)26-16-21(22-11-9-15-32-22)27-12-6-7-13-27/h9,11,15,19-21H,6-8,10,12-14,16-18H2,1-5H3,(H,26,30)/t20-,21+/m0/s1. The van der Waals surface area contributed by atoms with Crippen molar-refractivity contribution in [3.05, 3.63) is 24.2 Å². The molecule has 1 N–H and O–H groups in total. The van der Waals surface area contributed by atoms with E-state index in [1.807, 2.05) is 51.7 Å². The minimum atomic E-state index is -0.525. The van der Waals surface area contributed by atoms with Gasteiger partial charge in [0.25, 0.3) is 0 Å². The lowest BCUT2D eigenvalue weighted by Gasteiger charge is -2.37. The molecule has 1 aromatic heterocycles. The average molecular weight is 463 g/mol. The summed E-state index contributed by atoms with van der Waals surface area (Å²) in [7, 11) is 0. The van der Waals surface area contributed by atoms with Crippen molar-refractivity contribution in [2.75, 3.05) is 39.3 Å². The van der Waals surface area contributed by atoms with Crippen LogP contribution in [0.25, 0.3) is 0 Å². The molecule has 0 aromatic carbocycles. The number of urea groups is 1. The Morgan fingerprint density at radius 2 is 1.94 bits per heavy atom. The molecule has 2 atom stereocenters. The summed E-state index contributed by atoms with van der Waals surface area (Å²) < 4.78 is 11.3. The van der Waals surface area contributed by atoms with Gasteiger partial charge in [-0.1, -0.05) is 0 Å². The smallest absolute Gasteiger partial charge is 0.410 e. The maximum atomic E-state index is 13.0. The maximum absolute atomic E-state index is 13.0. The number of amides is 3. The third kappa shape index (κ3) is 7.39. The highest BCUT2D eigenvalue weighted by Crippen LogP contribution is 2.25. The van der Waals surface area contributed by atoms with Crippen molar-refractivity contribution in [2.45, 2.75) is 78.0 Å². The van der Waals surface area contributed by atoms with Gasteiger partial charge in [0.2, 0.25) is 0 Å². The monoisotopic (exact) mass is 462 g/mol. The van der Waals surface area contributed by atoms with Crippen molar-refractivity contribution in [2.24, 2.45) is 5.92 Å². The van der Waals surface area contributed by atoms with E-state index in [9.17, 15) is 9.59 Å². The van der Waals surface area contributed by atoms with Gasteiger partial charge in [-0.15, -0.1) is 0 Å². The molecule has 2 fully saturated rings. The van der Waals surface area contributed by atoms with Gasteiger partial charge in [0.1, 0.15) is 11.4 Å². The first-order chi connectivity index (χ1) is 15.6. The van der Waals surface area contributed by atoms with E-state index < -0.39 is 5.60 Å². The summed E-state index contributed by atoms with van der Waals surface area (Å²) in [6.45, 7) is 14.2. The Hall–Kier alpha value is -2.22. The van der Waals surface area contributed by atoms with Gasteiger partial charge in [-0.05, 0) is 91.4 Å². The van der Waals surface area contributed by atoms with Crippen LogP contribution in [0.3, 0.4) is 0 Å². The highest BCUT2D eigenvalue weighted by Gasteiger charge is 2.31. The molecule has 0 radical (unpaired) electrons. The minimum absolute atomic E-state index is 0.0381. The number of rotatable bonds is 7. The number of carbonyl (C=O) groups excluding carboxylic acids is 2. The lowest BCUT2D eigenvalue weighted by atomic mass is 9.97. The molecular formula is C25H42N4O4. The third-order valence-electron chi connectivity index (χ3n) is 6.41. The normalized spacial score (nSPS) is 20.7. The number of carbonyl (C=O) groups is 2. The molecule has 0 spiro atoms. The van der Waals surface area contributed by atoms with Gasteiger partial charge < -0.3 is 24.3 Å². The third-order valence-corrected chi connectivity index (χ3v) is 6.41. The van der Waals surface area contributed by atoms with Crippen LogP contribution in [0.4, 0.5) is 9.59 Å². The lowest BCUT2D eigenvalue weighted by Crippen LogP contribution is -2.51. The van der Waals surface area contributed by atoms with E-state index in [4.69, 9.17) is 9.15 Å². The number of ether oxygens (including phenoxy) is 1. The van der Waals surface area contributed by atoms with Crippen molar-refractivity contribution >= 4 is 12.1 Å². The molecule has 0 aliphatic carbocycles. The lowest BCUT2D eigenvalue weighted by molar-refractivity contribution is 0.0131. The van der Waals surface area contributed by atoms with E-state index >= 15 is 0 Å². The Labute approximate surface area is 198 Å². The molecule has 2 aliphatic heterocycles. The quantitative estimate of drug-likeness (QED) is 0.646. The molecule has 33 heavy (non-hydrogen) atoms. The summed E-state index contributed by atoms with van der Waals surface area (Å²) in [6, 6.07) is 3.96. The molecular weight excluding hydrogens is 420 g/mol. The Morgan fingerprint density at radius 1 is 1.21 bits per heavy atom. The Bertz CT molecular complexity index is 753. The summed E-state index contributed by atoms with van der Waals surface area (Å²) >= 11 is 0. The van der Waals surface area contributed by atoms with Gasteiger partial charge in [-0.3, -0.25) is 4.90 Å². The molecule has 3 amide bonds. The topological polar surface area (TPSA) is 78.3 Å². The van der Waals surface area contributed by atoms with E-state index in [2.05, 4.69) is 10.2 Å². The molecule has 0 saturated carbocycles. The van der Waals surface area contributed by atoms with Crippen LogP contribution < -0.4 is 5.32 Å². The second-order valence-corrected chi connectivity index (χ2v) is 10.6. The van der Waals surface area contributed by atoms with Crippen molar-refractivity contribution in [3.63, 3.8) is 0 Å². The van der Waals surface area contributed by atoms with Gasteiger partial charge in [-0.25, -0.2) is 9.59 Å². The van der Waals surface area contributed by atoms with E-state index in [-0.39, 0.29) is 30.1 Å². The molecule has 1 aromatic rings. The molecule has 8 heteroatoms. The number of likely N-dealkylation sites (tertiary alicyclic amines) is 2. The van der Waals surface area contributed by atoms with Gasteiger partial charge in [0.15, 0.2) is 0 Å². The molecule has 3 heterocycles. The van der Waals surface area contributed by atoms with Gasteiger partial charge >= 0.3 is 12.1 Å². The SMILES string of the molecule is CC(C)N(C[C@H]1CCCN(C(=O)NC[C@H](c2ccco2)N2CCCC2)C1)C(=O)OC(C)(C)C. The fourth-order valence-corrected chi connectivity index (χ4v) is 4.73. The van der Waals surface area contributed by atoms with Crippen LogP contribution in [0, 0.1) is 5.92 Å². The second-order valence-electron chi connectivity index (χ2n) is 10.6. The second kappa shape index (κ2) is 11.3. The number of hydrogen-bond acceptors (Lipinski definition) is 5. The van der Waals surface area contributed by atoms with E-state index in [0.29, 0.717) is 19.6 Å². The zero-order valence-corrected chi connectivity index (χ0v) is 21.0. The van der Waals surface area contributed by atoms with Crippen molar-refractivity contribution in [1.82, 2.24) is 20.0 Å². The first-order valence-corrected chi connectivity index (χ1v) is 12.4.